The van der Waals surface area contributed by atoms with E-state index in [0.717, 1.165) is 12.1 Å². The molecule has 0 bridgehead atoms. The molecule has 0 unspecified atom stereocenters. The van der Waals surface area contributed by atoms with Gasteiger partial charge < -0.3 is 10.1 Å². The van der Waals surface area contributed by atoms with E-state index in [0.29, 0.717) is 6.07 Å². The largest absolute Gasteiger partial charge is 0.458 e. The molecule has 0 saturated carbocycles. The van der Waals surface area contributed by atoms with Crippen molar-refractivity contribution >= 4 is 21.6 Å². The first-order valence-corrected chi connectivity index (χ1v) is 9.82. The number of carbonyl (C=O) groups is 1. The van der Waals surface area contributed by atoms with Crippen LogP contribution in [-0.2, 0) is 20.7 Å². The van der Waals surface area contributed by atoms with Gasteiger partial charge in [0.25, 0.3) is 15.9 Å². The molecule has 2 N–H and O–H groups in total. The number of carbonyl (C=O) groups excluding carboxylic acids is 1. The predicted molar refractivity (Wildman–Crippen MR) is 97.9 cm³/mol. The summed E-state index contributed by atoms with van der Waals surface area (Å²) in [6.45, 7) is 0.475. The summed E-state index contributed by atoms with van der Waals surface area (Å²) >= 11 is 0. The number of benzene rings is 2. The van der Waals surface area contributed by atoms with Crippen LogP contribution < -0.4 is 10.0 Å². The van der Waals surface area contributed by atoms with E-state index in [1.807, 2.05) is 0 Å². The van der Waals surface area contributed by atoms with Crippen LogP contribution in [0.5, 0.6) is 0 Å². The SMILES string of the molecule is COCCNC(=O)c1cccc(NS(=O)(=O)c2cccc(C(F)(F)C(F)(F)F)c2)c1. The van der Waals surface area contributed by atoms with E-state index >= 15 is 0 Å². The maximum Gasteiger partial charge on any atom is 0.458 e. The van der Waals surface area contributed by atoms with E-state index < -0.39 is 38.5 Å². The molecule has 0 heterocycles. The molecule has 0 atom stereocenters. The van der Waals surface area contributed by atoms with Gasteiger partial charge in [-0.3, -0.25) is 9.52 Å². The molecule has 0 aliphatic carbocycles. The Labute approximate surface area is 169 Å². The van der Waals surface area contributed by atoms with Crippen LogP contribution in [0.2, 0.25) is 0 Å². The topological polar surface area (TPSA) is 84.5 Å². The Morgan fingerprint density at radius 2 is 1.70 bits per heavy atom. The van der Waals surface area contributed by atoms with Gasteiger partial charge in [0.2, 0.25) is 0 Å². The lowest BCUT2D eigenvalue weighted by Crippen LogP contribution is -2.33. The Morgan fingerprint density at radius 3 is 2.33 bits per heavy atom. The van der Waals surface area contributed by atoms with Gasteiger partial charge in [0.1, 0.15) is 0 Å². The highest BCUT2D eigenvalue weighted by Gasteiger charge is 2.58. The van der Waals surface area contributed by atoms with Crippen molar-refractivity contribution in [1.82, 2.24) is 5.32 Å². The number of nitrogens with one attached hydrogen (secondary N) is 2. The maximum atomic E-state index is 13.5. The molecule has 0 aliphatic heterocycles. The summed E-state index contributed by atoms with van der Waals surface area (Å²) in [5, 5.41) is 2.53. The predicted octanol–water partition coefficient (Wildman–Crippen LogP) is 3.52. The first-order chi connectivity index (χ1) is 13.9. The van der Waals surface area contributed by atoms with Crippen molar-refractivity contribution in [3.63, 3.8) is 0 Å². The lowest BCUT2D eigenvalue weighted by atomic mass is 10.1. The normalized spacial score (nSPS) is 12.5. The minimum Gasteiger partial charge on any atom is -0.383 e. The van der Waals surface area contributed by atoms with Crippen molar-refractivity contribution in [2.24, 2.45) is 0 Å². The van der Waals surface area contributed by atoms with Crippen molar-refractivity contribution in [1.29, 1.82) is 0 Å². The Morgan fingerprint density at radius 1 is 1.03 bits per heavy atom. The molecule has 12 heteroatoms. The van der Waals surface area contributed by atoms with Gasteiger partial charge in [-0.25, -0.2) is 8.42 Å². The standard InChI is InChI=1S/C18H17F5N2O4S/c1-29-9-8-24-16(26)12-4-2-6-14(10-12)25-30(27,28)15-7-3-5-13(11-15)17(19,20)18(21,22)23/h2-7,10-11,25H,8-9H2,1H3,(H,24,26). The van der Waals surface area contributed by atoms with Crippen LogP contribution in [0.1, 0.15) is 15.9 Å². The number of amides is 1. The van der Waals surface area contributed by atoms with Crippen LogP contribution in [0.25, 0.3) is 0 Å². The second kappa shape index (κ2) is 8.96. The Bertz CT molecular complexity index is 1010. The summed E-state index contributed by atoms with van der Waals surface area (Å²) in [6.07, 6.45) is -5.88. The van der Waals surface area contributed by atoms with Crippen LogP contribution >= 0.6 is 0 Å². The molecular formula is C18H17F5N2O4S. The monoisotopic (exact) mass is 452 g/mol. The minimum atomic E-state index is -5.88. The van der Waals surface area contributed by atoms with E-state index in [-0.39, 0.29) is 30.5 Å². The number of halogens is 5. The number of sulfonamides is 1. The molecule has 0 fully saturated rings. The lowest BCUT2D eigenvalue weighted by molar-refractivity contribution is -0.289. The van der Waals surface area contributed by atoms with Crippen LogP contribution in [-0.4, -0.2) is 40.8 Å². The summed E-state index contributed by atoms with van der Waals surface area (Å²) in [7, 11) is -3.06. The summed E-state index contributed by atoms with van der Waals surface area (Å²) < 4.78 is 96.5. The van der Waals surface area contributed by atoms with Crippen molar-refractivity contribution in [2.75, 3.05) is 25.0 Å². The molecule has 164 valence electrons. The van der Waals surface area contributed by atoms with E-state index in [2.05, 4.69) is 10.0 Å². The zero-order chi connectivity index (χ0) is 22.6. The molecule has 0 aliphatic rings. The number of alkyl halides is 5. The summed E-state index contributed by atoms with van der Waals surface area (Å²) in [5.74, 6) is -5.74. The summed E-state index contributed by atoms with van der Waals surface area (Å²) in [6, 6.07) is 7.64. The van der Waals surface area contributed by atoms with E-state index in [1.165, 1.54) is 31.4 Å². The Hall–Kier alpha value is -2.73. The van der Waals surface area contributed by atoms with Gasteiger partial charge in [-0.15, -0.1) is 0 Å². The lowest BCUT2D eigenvalue weighted by Gasteiger charge is -2.20. The van der Waals surface area contributed by atoms with Gasteiger partial charge in [-0.2, -0.15) is 22.0 Å². The van der Waals surface area contributed by atoms with E-state index in [1.54, 1.807) is 0 Å². The highest BCUT2D eigenvalue weighted by atomic mass is 32.2. The van der Waals surface area contributed by atoms with Crippen LogP contribution in [0.15, 0.2) is 53.4 Å². The molecule has 0 radical (unpaired) electrons. The highest BCUT2D eigenvalue weighted by molar-refractivity contribution is 7.92. The maximum absolute atomic E-state index is 13.5. The molecule has 0 aromatic heterocycles. The van der Waals surface area contributed by atoms with Gasteiger partial charge in [0, 0.05) is 30.5 Å². The molecule has 0 spiro atoms. The minimum absolute atomic E-state index is 0.0811. The number of ether oxygens (including phenoxy) is 1. The zero-order valence-corrected chi connectivity index (χ0v) is 16.3. The van der Waals surface area contributed by atoms with Crippen LogP contribution in [0.3, 0.4) is 0 Å². The third-order valence-corrected chi connectivity index (χ3v) is 5.21. The second-order valence-corrected chi connectivity index (χ2v) is 7.72. The molecule has 6 nitrogen and oxygen atoms in total. The molecular weight excluding hydrogens is 435 g/mol. The molecule has 2 aromatic carbocycles. The Kier molecular flexibility index (Phi) is 7.03. The zero-order valence-electron chi connectivity index (χ0n) is 15.5. The van der Waals surface area contributed by atoms with Crippen molar-refractivity contribution in [3.8, 4) is 0 Å². The van der Waals surface area contributed by atoms with Gasteiger partial charge in [0.15, 0.2) is 0 Å². The molecule has 30 heavy (non-hydrogen) atoms. The smallest absolute Gasteiger partial charge is 0.383 e. The molecule has 2 aromatic rings. The van der Waals surface area contributed by atoms with Gasteiger partial charge in [0.05, 0.1) is 11.5 Å². The first-order valence-electron chi connectivity index (χ1n) is 8.33. The molecule has 0 saturated heterocycles. The first kappa shape index (κ1) is 23.5. The fraction of sp³-hybridized carbons (Fsp3) is 0.278. The third kappa shape index (κ3) is 5.45. The van der Waals surface area contributed by atoms with Gasteiger partial charge in [-0.05, 0) is 30.3 Å². The molecule has 2 rings (SSSR count). The third-order valence-electron chi connectivity index (χ3n) is 3.83. The van der Waals surface area contributed by atoms with E-state index in [9.17, 15) is 35.2 Å². The number of hydrogen-bond acceptors (Lipinski definition) is 4. The molecule has 1 amide bonds. The van der Waals surface area contributed by atoms with Gasteiger partial charge in [-0.1, -0.05) is 18.2 Å². The van der Waals surface area contributed by atoms with Crippen molar-refractivity contribution in [3.05, 3.63) is 59.7 Å². The van der Waals surface area contributed by atoms with Crippen LogP contribution in [0, 0.1) is 0 Å². The highest BCUT2D eigenvalue weighted by Crippen LogP contribution is 2.44. The average molecular weight is 452 g/mol. The fourth-order valence-electron chi connectivity index (χ4n) is 2.33. The summed E-state index contributed by atoms with van der Waals surface area (Å²) in [5.41, 5.74) is -1.49. The number of anilines is 1. The quantitative estimate of drug-likeness (QED) is 0.474. The number of rotatable bonds is 8. The van der Waals surface area contributed by atoms with Crippen molar-refractivity contribution < 1.29 is 39.9 Å². The second-order valence-electron chi connectivity index (χ2n) is 6.03. The van der Waals surface area contributed by atoms with E-state index in [4.69, 9.17) is 4.74 Å². The van der Waals surface area contributed by atoms with Crippen LogP contribution in [0.4, 0.5) is 27.6 Å². The Balaban J connectivity index is 2.27. The fourth-order valence-corrected chi connectivity index (χ4v) is 3.42. The van der Waals surface area contributed by atoms with Crippen molar-refractivity contribution in [2.45, 2.75) is 17.0 Å². The number of hydrogen-bond donors (Lipinski definition) is 2. The number of methoxy groups -OCH3 is 1. The average Bonchev–Trinajstić information content (AvgIpc) is 2.67. The summed E-state index contributed by atoms with van der Waals surface area (Å²) in [4.78, 5) is 11.2. The van der Waals surface area contributed by atoms with Gasteiger partial charge >= 0.3 is 12.1 Å².